The zero-order valence-electron chi connectivity index (χ0n) is 12.5. The molecule has 1 aromatic rings. The minimum atomic E-state index is -3.26. The fraction of sp³-hybridized carbons (Fsp3) is 0.571. The summed E-state index contributed by atoms with van der Waals surface area (Å²) in [5.74, 6) is 1.38. The normalized spacial score (nSPS) is 21.2. The van der Waals surface area contributed by atoms with Crippen LogP contribution in [-0.4, -0.2) is 38.7 Å². The number of hydrogen-bond donors (Lipinski definition) is 0. The van der Waals surface area contributed by atoms with Gasteiger partial charge in [-0.15, -0.1) is 0 Å². The molecule has 0 aromatic heterocycles. The van der Waals surface area contributed by atoms with E-state index in [0.29, 0.717) is 17.9 Å². The van der Waals surface area contributed by atoms with Gasteiger partial charge in [0.15, 0.2) is 0 Å². The summed E-state index contributed by atoms with van der Waals surface area (Å²) in [5.41, 5.74) is 0.446. The van der Waals surface area contributed by atoms with Gasteiger partial charge in [-0.3, -0.25) is 0 Å². The molecule has 2 rings (SSSR count). The fourth-order valence-corrected chi connectivity index (χ4v) is 3.13. The SMILES string of the molecule is COc1ccc2c(c1)OC(C)(C)CC2N(C)S(C)(=O)=O. The van der Waals surface area contributed by atoms with Crippen molar-refractivity contribution in [2.45, 2.75) is 31.9 Å². The Morgan fingerprint density at radius 2 is 2.05 bits per heavy atom. The smallest absolute Gasteiger partial charge is 0.211 e. The van der Waals surface area contributed by atoms with Crippen molar-refractivity contribution in [2.24, 2.45) is 0 Å². The van der Waals surface area contributed by atoms with Gasteiger partial charge in [0.25, 0.3) is 0 Å². The van der Waals surface area contributed by atoms with Crippen LogP contribution < -0.4 is 9.47 Å². The Bertz CT molecular complexity index is 610. The second-order valence-corrected chi connectivity index (χ2v) is 7.81. The molecule has 1 aliphatic heterocycles. The van der Waals surface area contributed by atoms with Crippen molar-refractivity contribution in [1.29, 1.82) is 0 Å². The zero-order valence-corrected chi connectivity index (χ0v) is 13.3. The standard InChI is InChI=1S/C14H21NO4S/c1-14(2)9-12(15(3)20(5,16)17)11-7-6-10(18-4)8-13(11)19-14/h6-8,12H,9H2,1-5H3. The third-order valence-electron chi connectivity index (χ3n) is 3.61. The number of fused-ring (bicyclic) bond motifs is 1. The van der Waals surface area contributed by atoms with E-state index in [-0.39, 0.29) is 6.04 Å². The van der Waals surface area contributed by atoms with Gasteiger partial charge in [-0.05, 0) is 19.9 Å². The van der Waals surface area contributed by atoms with Crippen LogP contribution in [0.5, 0.6) is 11.5 Å². The topological polar surface area (TPSA) is 55.8 Å². The minimum absolute atomic E-state index is 0.227. The van der Waals surface area contributed by atoms with E-state index in [1.807, 2.05) is 26.0 Å². The summed E-state index contributed by atoms with van der Waals surface area (Å²) in [5, 5.41) is 0. The molecule has 0 fully saturated rings. The first-order chi connectivity index (χ1) is 9.14. The number of ether oxygens (including phenoxy) is 2. The average Bonchev–Trinajstić information content (AvgIpc) is 2.33. The second kappa shape index (κ2) is 4.93. The first kappa shape index (κ1) is 15.1. The lowest BCUT2D eigenvalue weighted by Crippen LogP contribution is -2.41. The first-order valence-corrected chi connectivity index (χ1v) is 8.29. The molecule has 0 saturated carbocycles. The third-order valence-corrected chi connectivity index (χ3v) is 4.91. The molecular formula is C14H21NO4S. The highest BCUT2D eigenvalue weighted by atomic mass is 32.2. The van der Waals surface area contributed by atoms with Crippen LogP contribution in [0.15, 0.2) is 18.2 Å². The molecule has 1 heterocycles. The van der Waals surface area contributed by atoms with Gasteiger partial charge >= 0.3 is 0 Å². The summed E-state index contributed by atoms with van der Waals surface area (Å²) in [4.78, 5) is 0. The highest BCUT2D eigenvalue weighted by Crippen LogP contribution is 2.44. The van der Waals surface area contributed by atoms with Crippen molar-refractivity contribution in [3.05, 3.63) is 23.8 Å². The van der Waals surface area contributed by atoms with Crippen LogP contribution in [-0.2, 0) is 10.0 Å². The van der Waals surface area contributed by atoms with Gasteiger partial charge in [0.2, 0.25) is 10.0 Å². The lowest BCUT2D eigenvalue weighted by molar-refractivity contribution is 0.0539. The maximum Gasteiger partial charge on any atom is 0.211 e. The van der Waals surface area contributed by atoms with Crippen LogP contribution in [0.25, 0.3) is 0 Å². The number of methoxy groups -OCH3 is 1. The number of sulfonamides is 1. The molecule has 5 nitrogen and oxygen atoms in total. The number of rotatable bonds is 3. The molecule has 1 atom stereocenters. The maximum atomic E-state index is 11.8. The molecule has 0 amide bonds. The van der Waals surface area contributed by atoms with Gasteiger partial charge in [-0.25, -0.2) is 8.42 Å². The summed E-state index contributed by atoms with van der Waals surface area (Å²) in [6, 6.07) is 5.27. The van der Waals surface area contributed by atoms with Crippen LogP contribution in [0.3, 0.4) is 0 Å². The Balaban J connectivity index is 2.51. The Labute approximate surface area is 120 Å². The summed E-state index contributed by atoms with van der Waals surface area (Å²) < 4.78 is 36.2. The van der Waals surface area contributed by atoms with E-state index in [9.17, 15) is 8.42 Å². The summed E-state index contributed by atoms with van der Waals surface area (Å²) in [7, 11) is -0.0649. The lowest BCUT2D eigenvalue weighted by atomic mass is 9.90. The predicted molar refractivity (Wildman–Crippen MR) is 77.7 cm³/mol. The molecule has 0 saturated heterocycles. The van der Waals surface area contributed by atoms with Crippen molar-refractivity contribution in [3.8, 4) is 11.5 Å². The molecule has 0 radical (unpaired) electrons. The predicted octanol–water partition coefficient (Wildman–Crippen LogP) is 2.19. The van der Waals surface area contributed by atoms with Gasteiger partial charge in [-0.1, -0.05) is 6.07 Å². The molecule has 1 unspecified atom stereocenters. The molecule has 1 aromatic carbocycles. The lowest BCUT2D eigenvalue weighted by Gasteiger charge is -2.40. The Morgan fingerprint density at radius 3 is 2.60 bits per heavy atom. The Kier molecular flexibility index (Phi) is 3.73. The Hall–Kier alpha value is -1.27. The number of hydrogen-bond acceptors (Lipinski definition) is 4. The number of nitrogens with zero attached hydrogens (tertiary/aromatic N) is 1. The van der Waals surface area contributed by atoms with Gasteiger partial charge in [-0.2, -0.15) is 4.31 Å². The maximum absolute atomic E-state index is 11.8. The van der Waals surface area contributed by atoms with Crippen molar-refractivity contribution in [3.63, 3.8) is 0 Å². The molecule has 6 heteroatoms. The minimum Gasteiger partial charge on any atom is -0.497 e. The van der Waals surface area contributed by atoms with E-state index in [1.165, 1.54) is 10.6 Å². The summed E-state index contributed by atoms with van der Waals surface area (Å²) in [6.07, 6.45) is 1.83. The van der Waals surface area contributed by atoms with Crippen LogP contribution in [0.2, 0.25) is 0 Å². The van der Waals surface area contributed by atoms with Crippen LogP contribution in [0.4, 0.5) is 0 Å². The summed E-state index contributed by atoms with van der Waals surface area (Å²) in [6.45, 7) is 3.91. The molecule has 0 spiro atoms. The van der Waals surface area contributed by atoms with Crippen molar-refractivity contribution >= 4 is 10.0 Å². The highest BCUT2D eigenvalue weighted by molar-refractivity contribution is 7.88. The van der Waals surface area contributed by atoms with E-state index in [2.05, 4.69) is 0 Å². The Morgan fingerprint density at radius 1 is 1.40 bits per heavy atom. The second-order valence-electron chi connectivity index (χ2n) is 5.76. The molecule has 0 N–H and O–H groups in total. The third kappa shape index (κ3) is 2.91. The number of benzene rings is 1. The molecule has 112 valence electrons. The largest absolute Gasteiger partial charge is 0.497 e. The van der Waals surface area contributed by atoms with Crippen molar-refractivity contribution < 1.29 is 17.9 Å². The van der Waals surface area contributed by atoms with E-state index in [4.69, 9.17) is 9.47 Å². The van der Waals surface area contributed by atoms with Crippen molar-refractivity contribution in [1.82, 2.24) is 4.31 Å². The molecular weight excluding hydrogens is 278 g/mol. The van der Waals surface area contributed by atoms with E-state index >= 15 is 0 Å². The van der Waals surface area contributed by atoms with Crippen LogP contribution in [0, 0.1) is 0 Å². The molecule has 20 heavy (non-hydrogen) atoms. The molecule has 0 bridgehead atoms. The van der Waals surface area contributed by atoms with E-state index in [0.717, 1.165) is 5.56 Å². The summed E-state index contributed by atoms with van der Waals surface area (Å²) >= 11 is 0. The first-order valence-electron chi connectivity index (χ1n) is 6.44. The van der Waals surface area contributed by atoms with Crippen molar-refractivity contribution in [2.75, 3.05) is 20.4 Å². The van der Waals surface area contributed by atoms with Gasteiger partial charge in [0.05, 0.1) is 19.4 Å². The average molecular weight is 299 g/mol. The van der Waals surface area contributed by atoms with Crippen LogP contribution >= 0.6 is 0 Å². The quantitative estimate of drug-likeness (QED) is 0.858. The zero-order chi connectivity index (χ0) is 15.1. The van der Waals surface area contributed by atoms with Gasteiger partial charge in [0, 0.05) is 25.1 Å². The van der Waals surface area contributed by atoms with Gasteiger partial charge in [0.1, 0.15) is 17.1 Å². The van der Waals surface area contributed by atoms with Crippen LogP contribution in [0.1, 0.15) is 31.9 Å². The highest BCUT2D eigenvalue weighted by Gasteiger charge is 2.38. The molecule has 0 aliphatic carbocycles. The van der Waals surface area contributed by atoms with E-state index in [1.54, 1.807) is 20.2 Å². The van der Waals surface area contributed by atoms with Gasteiger partial charge < -0.3 is 9.47 Å². The van der Waals surface area contributed by atoms with E-state index < -0.39 is 15.6 Å². The fourth-order valence-electron chi connectivity index (χ4n) is 2.48. The monoisotopic (exact) mass is 299 g/mol. The molecule has 1 aliphatic rings.